The Bertz CT molecular complexity index is 1450. The van der Waals surface area contributed by atoms with Crippen molar-refractivity contribution >= 4 is 16.4 Å². The van der Waals surface area contributed by atoms with Gasteiger partial charge in [0, 0.05) is 17.3 Å². The first kappa shape index (κ1) is 22.8. The fourth-order valence-electron chi connectivity index (χ4n) is 3.94. The number of aromatic nitrogens is 4. The molecule has 6 nitrogen and oxygen atoms in total. The van der Waals surface area contributed by atoms with Crippen LogP contribution in [0.15, 0.2) is 79.0 Å². The molecule has 5 aromatic rings. The molecular weight excluding hydrogens is 455 g/mol. The van der Waals surface area contributed by atoms with Gasteiger partial charge in [0.25, 0.3) is 0 Å². The molecule has 0 amide bonds. The lowest BCUT2D eigenvalue weighted by atomic mass is 10.1. The fraction of sp³-hybridized carbons (Fsp3) is 0.192. The summed E-state index contributed by atoms with van der Waals surface area (Å²) in [5.74, 6) is -0.795. The fourth-order valence-corrected chi connectivity index (χ4v) is 3.94. The van der Waals surface area contributed by atoms with E-state index in [1.165, 1.54) is 11.8 Å². The summed E-state index contributed by atoms with van der Waals surface area (Å²) in [4.78, 5) is 4.62. The van der Waals surface area contributed by atoms with Gasteiger partial charge in [0.2, 0.25) is 5.82 Å². The topological polar surface area (TPSA) is 64.3 Å². The Morgan fingerprint density at radius 1 is 0.829 bits per heavy atom. The number of halogens is 3. The highest BCUT2D eigenvalue weighted by atomic mass is 19.4. The minimum atomic E-state index is -4.64. The molecule has 0 aliphatic carbocycles. The highest BCUT2D eigenvalue weighted by Crippen LogP contribution is 2.34. The molecule has 9 heteroatoms. The number of hydrogen-bond donors (Lipinski definition) is 1. The van der Waals surface area contributed by atoms with E-state index in [1.807, 2.05) is 36.4 Å². The lowest BCUT2D eigenvalue weighted by Gasteiger charge is -2.12. The van der Waals surface area contributed by atoms with Crippen molar-refractivity contribution in [3.05, 3.63) is 102 Å². The molecule has 5 rings (SSSR count). The van der Waals surface area contributed by atoms with Gasteiger partial charge in [-0.15, -0.1) is 10.2 Å². The van der Waals surface area contributed by atoms with Gasteiger partial charge < -0.3 is 10.1 Å². The monoisotopic (exact) mass is 477 g/mol. The highest BCUT2D eigenvalue weighted by molar-refractivity contribution is 5.97. The number of hydrogen-bond acceptors (Lipinski definition) is 5. The molecule has 0 bridgehead atoms. The predicted molar refractivity (Wildman–Crippen MR) is 126 cm³/mol. The van der Waals surface area contributed by atoms with Crippen molar-refractivity contribution in [2.24, 2.45) is 0 Å². The molecule has 1 N–H and O–H groups in total. The van der Waals surface area contributed by atoms with E-state index >= 15 is 0 Å². The van der Waals surface area contributed by atoms with Crippen LogP contribution in [0.3, 0.4) is 0 Å². The molecule has 0 atom stereocenters. The largest absolute Gasteiger partial charge is 0.485 e. The molecule has 0 unspecified atom stereocenters. The highest BCUT2D eigenvalue weighted by Gasteiger charge is 2.37. The third-order valence-corrected chi connectivity index (χ3v) is 5.61. The zero-order valence-corrected chi connectivity index (χ0v) is 18.7. The van der Waals surface area contributed by atoms with Crippen molar-refractivity contribution in [1.82, 2.24) is 24.9 Å². The van der Waals surface area contributed by atoms with Crippen LogP contribution >= 0.6 is 0 Å². The summed E-state index contributed by atoms with van der Waals surface area (Å²) in [6.45, 7) is 1.53. The van der Waals surface area contributed by atoms with Crippen molar-refractivity contribution in [3.63, 3.8) is 0 Å². The Hall–Kier alpha value is -3.98. The SMILES string of the molecule is FC(F)(F)c1nnc2c3ccccc3c(OCc3cccc(CNCCc4ccccc4)n3)cn12. The van der Waals surface area contributed by atoms with Crippen LogP contribution in [0.5, 0.6) is 5.75 Å². The second-order valence-corrected chi connectivity index (χ2v) is 8.08. The van der Waals surface area contributed by atoms with Gasteiger partial charge >= 0.3 is 6.18 Å². The summed E-state index contributed by atoms with van der Waals surface area (Å²) < 4.78 is 47.2. The van der Waals surface area contributed by atoms with Gasteiger partial charge in [0.15, 0.2) is 5.65 Å². The van der Waals surface area contributed by atoms with Gasteiger partial charge in [-0.1, -0.05) is 60.7 Å². The summed E-state index contributed by atoms with van der Waals surface area (Å²) in [5, 5.41) is 11.7. The van der Waals surface area contributed by atoms with Gasteiger partial charge in [-0.25, -0.2) is 0 Å². The Morgan fingerprint density at radius 3 is 2.37 bits per heavy atom. The smallest absolute Gasteiger partial charge is 0.452 e. The molecule has 0 saturated carbocycles. The maximum absolute atomic E-state index is 13.4. The zero-order valence-electron chi connectivity index (χ0n) is 18.7. The zero-order chi connectivity index (χ0) is 24.3. The number of benzene rings is 2. The standard InChI is InChI=1S/C26H22F3N5O/c27-26(28,29)25-33-32-24-22-12-5-4-11-21(22)23(16-34(24)25)35-17-20-10-6-9-19(31-20)15-30-14-13-18-7-2-1-3-8-18/h1-12,16,30H,13-15,17H2. The Balaban J connectivity index is 1.31. The van der Waals surface area contributed by atoms with E-state index in [-0.39, 0.29) is 12.3 Å². The maximum Gasteiger partial charge on any atom is 0.452 e. The molecule has 0 radical (unpaired) electrons. The van der Waals surface area contributed by atoms with Gasteiger partial charge in [-0.05, 0) is 30.7 Å². The third-order valence-electron chi connectivity index (χ3n) is 5.61. The second kappa shape index (κ2) is 9.71. The van der Waals surface area contributed by atoms with Crippen molar-refractivity contribution in [2.45, 2.75) is 25.7 Å². The number of fused-ring (bicyclic) bond motifs is 3. The van der Waals surface area contributed by atoms with E-state index in [9.17, 15) is 13.2 Å². The van der Waals surface area contributed by atoms with Crippen LogP contribution in [-0.4, -0.2) is 26.1 Å². The quantitative estimate of drug-likeness (QED) is 0.311. The number of pyridine rings is 2. The minimum Gasteiger partial charge on any atom is -0.485 e. The predicted octanol–water partition coefficient (Wildman–Crippen LogP) is 5.21. The van der Waals surface area contributed by atoms with Crippen LogP contribution < -0.4 is 10.1 Å². The van der Waals surface area contributed by atoms with Gasteiger partial charge in [-0.2, -0.15) is 13.2 Å². The Morgan fingerprint density at radius 2 is 1.57 bits per heavy atom. The minimum absolute atomic E-state index is 0.108. The summed E-state index contributed by atoms with van der Waals surface area (Å²) in [6, 6.07) is 22.9. The van der Waals surface area contributed by atoms with Crippen molar-refractivity contribution in [2.75, 3.05) is 6.54 Å². The first-order chi connectivity index (χ1) is 17.0. The number of ether oxygens (including phenoxy) is 1. The molecule has 35 heavy (non-hydrogen) atoms. The first-order valence-corrected chi connectivity index (χ1v) is 11.1. The van der Waals surface area contributed by atoms with Crippen molar-refractivity contribution in [3.8, 4) is 5.75 Å². The number of alkyl halides is 3. The molecule has 3 heterocycles. The first-order valence-electron chi connectivity index (χ1n) is 11.1. The van der Waals surface area contributed by atoms with Crippen LogP contribution in [0.2, 0.25) is 0 Å². The van der Waals surface area contributed by atoms with Crippen LogP contribution in [0.1, 0.15) is 22.8 Å². The molecule has 178 valence electrons. The lowest BCUT2D eigenvalue weighted by Crippen LogP contribution is -2.17. The maximum atomic E-state index is 13.4. The van der Waals surface area contributed by atoms with Crippen molar-refractivity contribution < 1.29 is 17.9 Å². The summed E-state index contributed by atoms with van der Waals surface area (Å²) in [7, 11) is 0. The van der Waals surface area contributed by atoms with E-state index in [2.05, 4.69) is 32.6 Å². The van der Waals surface area contributed by atoms with Gasteiger partial charge in [0.1, 0.15) is 12.4 Å². The normalized spacial score (nSPS) is 11.9. The third kappa shape index (κ3) is 5.09. The van der Waals surface area contributed by atoms with E-state index in [0.717, 1.165) is 23.1 Å². The summed E-state index contributed by atoms with van der Waals surface area (Å²) in [6.07, 6.45) is -2.43. The van der Waals surface area contributed by atoms with Crippen LogP contribution in [0.4, 0.5) is 13.2 Å². The number of nitrogens with zero attached hydrogens (tertiary/aromatic N) is 4. The van der Waals surface area contributed by atoms with E-state index in [0.29, 0.717) is 28.8 Å². The molecular formula is C26H22F3N5O. The van der Waals surface area contributed by atoms with Crippen molar-refractivity contribution in [1.29, 1.82) is 0 Å². The van der Waals surface area contributed by atoms with E-state index in [4.69, 9.17) is 4.74 Å². The second-order valence-electron chi connectivity index (χ2n) is 8.08. The molecule has 2 aromatic carbocycles. The molecule has 0 fully saturated rings. The number of nitrogens with one attached hydrogen (secondary N) is 1. The molecule has 0 aliphatic heterocycles. The van der Waals surface area contributed by atoms with Crippen LogP contribution in [0, 0.1) is 0 Å². The molecule has 3 aromatic heterocycles. The Kier molecular flexibility index (Phi) is 6.33. The van der Waals surface area contributed by atoms with E-state index in [1.54, 1.807) is 24.3 Å². The Labute approximate surface area is 199 Å². The number of rotatable bonds is 8. The molecule has 0 spiro atoms. The summed E-state index contributed by atoms with van der Waals surface area (Å²) in [5.41, 5.74) is 2.93. The lowest BCUT2D eigenvalue weighted by molar-refractivity contribution is -0.145. The van der Waals surface area contributed by atoms with Gasteiger partial charge in [-0.3, -0.25) is 9.38 Å². The molecule has 0 aliphatic rings. The summed E-state index contributed by atoms with van der Waals surface area (Å²) >= 11 is 0. The van der Waals surface area contributed by atoms with Crippen LogP contribution in [-0.2, 0) is 25.7 Å². The molecule has 0 saturated heterocycles. The van der Waals surface area contributed by atoms with Crippen LogP contribution in [0.25, 0.3) is 16.4 Å². The average Bonchev–Trinajstić information content (AvgIpc) is 3.31. The van der Waals surface area contributed by atoms with E-state index < -0.39 is 12.0 Å². The van der Waals surface area contributed by atoms with Gasteiger partial charge in [0.05, 0.1) is 17.6 Å². The average molecular weight is 477 g/mol.